The zero-order chi connectivity index (χ0) is 24.5. The van der Waals surface area contributed by atoms with Crippen molar-refractivity contribution in [2.45, 2.75) is 25.8 Å². The highest BCUT2D eigenvalue weighted by Gasteiger charge is 2.25. The summed E-state index contributed by atoms with van der Waals surface area (Å²) >= 11 is 2.00. The minimum Gasteiger partial charge on any atom is -0.356 e. The monoisotopic (exact) mass is 498 g/mol. The van der Waals surface area contributed by atoms with E-state index in [2.05, 4.69) is 32.6 Å². The number of hydrogen-bond donors (Lipinski definition) is 2. The van der Waals surface area contributed by atoms with Crippen molar-refractivity contribution < 1.29 is 14.0 Å². The van der Waals surface area contributed by atoms with Gasteiger partial charge in [-0.05, 0) is 61.7 Å². The lowest BCUT2D eigenvalue weighted by atomic mass is 9.96. The van der Waals surface area contributed by atoms with Crippen LogP contribution in [-0.2, 0) is 22.6 Å². The van der Waals surface area contributed by atoms with Crippen LogP contribution in [0.25, 0.3) is 0 Å². The SMILES string of the molecule is O=C(CN1CCC(C(=O)NCCc2ccccc2F)CC1)Nc1cccc(CN2CCSCC2)c1. The van der Waals surface area contributed by atoms with E-state index < -0.39 is 0 Å². The van der Waals surface area contributed by atoms with E-state index in [0.29, 0.717) is 38.2 Å². The van der Waals surface area contributed by atoms with E-state index in [1.807, 2.05) is 23.9 Å². The standard InChI is InChI=1S/C27H35FN4O2S/c28-25-7-2-1-5-22(25)8-11-29-27(34)23-9-12-31(13-10-23)20-26(33)30-24-6-3-4-21(18-24)19-32-14-16-35-17-15-32/h1-7,18,23H,8-17,19-20H2,(H,29,34)(H,30,33). The molecule has 35 heavy (non-hydrogen) atoms. The van der Waals surface area contributed by atoms with Crippen molar-refractivity contribution in [2.75, 3.05) is 56.1 Å². The van der Waals surface area contributed by atoms with Gasteiger partial charge in [0.25, 0.3) is 0 Å². The molecule has 2 heterocycles. The first-order valence-electron chi connectivity index (χ1n) is 12.5. The molecule has 2 N–H and O–H groups in total. The molecule has 2 aromatic rings. The number of piperidine rings is 1. The Labute approximate surface area is 211 Å². The lowest BCUT2D eigenvalue weighted by Gasteiger charge is -2.30. The second-order valence-electron chi connectivity index (χ2n) is 9.32. The Kier molecular flexibility index (Phi) is 9.57. The number of benzene rings is 2. The molecule has 0 saturated carbocycles. The van der Waals surface area contributed by atoms with Crippen molar-refractivity contribution in [3.63, 3.8) is 0 Å². The lowest BCUT2D eigenvalue weighted by molar-refractivity contribution is -0.126. The number of amides is 2. The Bertz CT molecular complexity index is 991. The first-order valence-corrected chi connectivity index (χ1v) is 13.6. The number of hydrogen-bond acceptors (Lipinski definition) is 5. The third-order valence-electron chi connectivity index (χ3n) is 6.70. The van der Waals surface area contributed by atoms with Crippen LogP contribution < -0.4 is 10.6 Å². The van der Waals surface area contributed by atoms with Gasteiger partial charge in [0, 0.05) is 49.3 Å². The average molecular weight is 499 g/mol. The Morgan fingerprint density at radius 1 is 0.971 bits per heavy atom. The molecule has 0 unspecified atom stereocenters. The second kappa shape index (κ2) is 13.0. The van der Waals surface area contributed by atoms with Gasteiger partial charge < -0.3 is 10.6 Å². The van der Waals surface area contributed by atoms with Gasteiger partial charge in [0.1, 0.15) is 5.82 Å². The normalized spacial score (nSPS) is 17.7. The minimum absolute atomic E-state index is 0.0227. The van der Waals surface area contributed by atoms with Crippen LogP contribution in [0.5, 0.6) is 0 Å². The number of carbonyl (C=O) groups excluding carboxylic acids is 2. The first kappa shape index (κ1) is 25.7. The molecule has 2 aliphatic rings. The highest BCUT2D eigenvalue weighted by Crippen LogP contribution is 2.19. The third kappa shape index (κ3) is 8.05. The molecule has 2 aromatic carbocycles. The molecular weight excluding hydrogens is 463 g/mol. The van der Waals surface area contributed by atoms with Crippen LogP contribution in [0.4, 0.5) is 10.1 Å². The average Bonchev–Trinajstić information content (AvgIpc) is 2.86. The van der Waals surface area contributed by atoms with Crippen LogP contribution in [0.1, 0.15) is 24.0 Å². The Morgan fingerprint density at radius 2 is 1.74 bits per heavy atom. The fourth-order valence-corrected chi connectivity index (χ4v) is 5.67. The first-order chi connectivity index (χ1) is 17.1. The number of rotatable bonds is 9. The van der Waals surface area contributed by atoms with Gasteiger partial charge in [-0.3, -0.25) is 19.4 Å². The third-order valence-corrected chi connectivity index (χ3v) is 7.64. The van der Waals surface area contributed by atoms with E-state index in [0.717, 1.165) is 38.2 Å². The molecule has 2 amide bonds. The molecule has 0 aromatic heterocycles. The van der Waals surface area contributed by atoms with Crippen molar-refractivity contribution in [1.29, 1.82) is 0 Å². The molecule has 188 valence electrons. The van der Waals surface area contributed by atoms with Crippen LogP contribution in [-0.4, -0.2) is 72.4 Å². The van der Waals surface area contributed by atoms with Crippen LogP contribution in [0.15, 0.2) is 48.5 Å². The Balaban J connectivity index is 1.15. The van der Waals surface area contributed by atoms with Crippen LogP contribution >= 0.6 is 11.8 Å². The van der Waals surface area contributed by atoms with Gasteiger partial charge in [0.2, 0.25) is 11.8 Å². The van der Waals surface area contributed by atoms with E-state index in [1.54, 1.807) is 18.2 Å². The minimum atomic E-state index is -0.235. The number of nitrogens with one attached hydrogen (secondary N) is 2. The molecule has 0 bridgehead atoms. The molecule has 2 saturated heterocycles. The fraction of sp³-hybridized carbons (Fsp3) is 0.481. The van der Waals surface area contributed by atoms with Gasteiger partial charge in [0.15, 0.2) is 0 Å². The summed E-state index contributed by atoms with van der Waals surface area (Å²) in [4.78, 5) is 29.7. The van der Waals surface area contributed by atoms with Crippen LogP contribution in [0.2, 0.25) is 0 Å². The molecule has 4 rings (SSSR count). The van der Waals surface area contributed by atoms with E-state index in [9.17, 15) is 14.0 Å². The van der Waals surface area contributed by atoms with E-state index in [4.69, 9.17) is 0 Å². The molecule has 0 atom stereocenters. The summed E-state index contributed by atoms with van der Waals surface area (Å²) in [6.07, 6.45) is 1.93. The summed E-state index contributed by atoms with van der Waals surface area (Å²) in [5, 5.41) is 5.98. The van der Waals surface area contributed by atoms with Gasteiger partial charge in [-0.25, -0.2) is 4.39 Å². The Morgan fingerprint density at radius 3 is 2.51 bits per heavy atom. The number of carbonyl (C=O) groups is 2. The van der Waals surface area contributed by atoms with Crippen molar-refractivity contribution in [3.8, 4) is 0 Å². The molecule has 8 heteroatoms. The maximum Gasteiger partial charge on any atom is 0.238 e. The maximum atomic E-state index is 13.7. The summed E-state index contributed by atoms with van der Waals surface area (Å²) in [5.74, 6) is 2.07. The molecule has 0 spiro atoms. The lowest BCUT2D eigenvalue weighted by Crippen LogP contribution is -2.43. The molecule has 6 nitrogen and oxygen atoms in total. The summed E-state index contributed by atoms with van der Waals surface area (Å²) in [5.41, 5.74) is 2.67. The summed E-state index contributed by atoms with van der Waals surface area (Å²) in [7, 11) is 0. The zero-order valence-electron chi connectivity index (χ0n) is 20.2. The van der Waals surface area contributed by atoms with Crippen molar-refractivity contribution in [1.82, 2.24) is 15.1 Å². The topological polar surface area (TPSA) is 64.7 Å². The molecule has 2 fully saturated rings. The van der Waals surface area contributed by atoms with Crippen molar-refractivity contribution in [3.05, 3.63) is 65.5 Å². The van der Waals surface area contributed by atoms with Crippen LogP contribution in [0.3, 0.4) is 0 Å². The van der Waals surface area contributed by atoms with Gasteiger partial charge in [-0.15, -0.1) is 0 Å². The summed E-state index contributed by atoms with van der Waals surface area (Å²) in [6.45, 7) is 5.33. The highest BCUT2D eigenvalue weighted by molar-refractivity contribution is 7.99. The van der Waals surface area contributed by atoms with Gasteiger partial charge in [-0.2, -0.15) is 11.8 Å². The molecular formula is C27H35FN4O2S. The molecule has 2 aliphatic heterocycles. The van der Waals surface area contributed by atoms with Crippen molar-refractivity contribution >= 4 is 29.3 Å². The second-order valence-corrected chi connectivity index (χ2v) is 10.5. The Hall–Kier alpha value is -2.42. The molecule has 0 radical (unpaired) electrons. The van der Waals surface area contributed by atoms with E-state index in [-0.39, 0.29) is 23.5 Å². The number of thioether (sulfide) groups is 1. The number of anilines is 1. The highest BCUT2D eigenvalue weighted by atomic mass is 32.2. The number of likely N-dealkylation sites (tertiary alicyclic amines) is 1. The summed E-state index contributed by atoms with van der Waals surface area (Å²) < 4.78 is 13.7. The van der Waals surface area contributed by atoms with E-state index in [1.165, 1.54) is 23.1 Å². The maximum absolute atomic E-state index is 13.7. The zero-order valence-corrected chi connectivity index (χ0v) is 21.0. The summed E-state index contributed by atoms with van der Waals surface area (Å²) in [6, 6.07) is 14.8. The quantitative estimate of drug-likeness (QED) is 0.555. The predicted octanol–water partition coefficient (Wildman–Crippen LogP) is 3.38. The smallest absolute Gasteiger partial charge is 0.238 e. The van der Waals surface area contributed by atoms with Crippen molar-refractivity contribution in [2.24, 2.45) is 5.92 Å². The number of halogens is 1. The predicted molar refractivity (Wildman–Crippen MR) is 140 cm³/mol. The van der Waals surface area contributed by atoms with Gasteiger partial charge in [0.05, 0.1) is 6.54 Å². The van der Waals surface area contributed by atoms with Crippen LogP contribution in [0, 0.1) is 11.7 Å². The van der Waals surface area contributed by atoms with Gasteiger partial charge in [-0.1, -0.05) is 30.3 Å². The number of nitrogens with zero attached hydrogens (tertiary/aromatic N) is 2. The van der Waals surface area contributed by atoms with Gasteiger partial charge >= 0.3 is 0 Å². The largest absolute Gasteiger partial charge is 0.356 e. The fourth-order valence-electron chi connectivity index (χ4n) is 4.69. The molecule has 0 aliphatic carbocycles. The van der Waals surface area contributed by atoms with E-state index >= 15 is 0 Å².